The molecule has 0 radical (unpaired) electrons. The van der Waals surface area contributed by atoms with Gasteiger partial charge in [0.25, 0.3) is 0 Å². The quantitative estimate of drug-likeness (QED) is 0.780. The van der Waals surface area contributed by atoms with Gasteiger partial charge in [-0.05, 0) is 19.3 Å². The Balaban J connectivity index is 2.47. The molecule has 78 valence electrons. The van der Waals surface area contributed by atoms with Gasteiger partial charge in [-0.1, -0.05) is 20.3 Å². The zero-order chi connectivity index (χ0) is 10.3. The Morgan fingerprint density at radius 2 is 2.14 bits per heavy atom. The number of nitrogens with two attached hydrogens (primary N) is 1. The molecule has 1 aliphatic carbocycles. The molecule has 3 nitrogen and oxygen atoms in total. The number of hydrogen-bond donors (Lipinski definition) is 1. The molecule has 1 aliphatic rings. The van der Waals surface area contributed by atoms with Crippen molar-refractivity contribution in [3.8, 4) is 0 Å². The van der Waals surface area contributed by atoms with E-state index in [-0.39, 0.29) is 0 Å². The van der Waals surface area contributed by atoms with E-state index >= 15 is 0 Å². The van der Waals surface area contributed by atoms with Crippen molar-refractivity contribution in [1.82, 2.24) is 9.78 Å². The maximum atomic E-state index is 5.99. The van der Waals surface area contributed by atoms with E-state index in [2.05, 4.69) is 18.9 Å². The molecule has 0 aromatic carbocycles. The van der Waals surface area contributed by atoms with Crippen molar-refractivity contribution in [2.75, 3.05) is 5.73 Å². The number of nitrogens with zero attached hydrogens (tertiary/aromatic N) is 2. The number of rotatable bonds is 2. The number of aryl methyl sites for hydroxylation is 1. The standard InChI is InChI=1S/C11H19N3/c1-4-8-9(11(2)6-5-7-11)13-14(3)10(8)12/h4-7,12H2,1-3H3. The molecule has 2 N–H and O–H groups in total. The minimum Gasteiger partial charge on any atom is -0.384 e. The van der Waals surface area contributed by atoms with E-state index in [9.17, 15) is 0 Å². The second kappa shape index (κ2) is 3.01. The Morgan fingerprint density at radius 3 is 2.57 bits per heavy atom. The van der Waals surface area contributed by atoms with Crippen LogP contribution in [0.5, 0.6) is 0 Å². The van der Waals surface area contributed by atoms with Crippen LogP contribution in [-0.4, -0.2) is 9.78 Å². The Kier molecular flexibility index (Phi) is 2.05. The van der Waals surface area contributed by atoms with E-state index in [1.165, 1.54) is 30.5 Å². The maximum Gasteiger partial charge on any atom is 0.124 e. The van der Waals surface area contributed by atoms with E-state index in [1.54, 1.807) is 0 Å². The molecule has 14 heavy (non-hydrogen) atoms. The van der Waals surface area contributed by atoms with Crippen LogP contribution in [0.15, 0.2) is 0 Å². The molecule has 0 aliphatic heterocycles. The molecule has 0 atom stereocenters. The molecule has 1 heterocycles. The first-order chi connectivity index (χ1) is 6.58. The second-order valence-corrected chi connectivity index (χ2v) is 4.60. The number of aromatic nitrogens is 2. The van der Waals surface area contributed by atoms with Gasteiger partial charge in [-0.15, -0.1) is 0 Å². The molecule has 1 aromatic rings. The second-order valence-electron chi connectivity index (χ2n) is 4.60. The molecule has 1 saturated carbocycles. The fourth-order valence-electron chi connectivity index (χ4n) is 2.36. The van der Waals surface area contributed by atoms with Gasteiger partial charge in [0.15, 0.2) is 0 Å². The highest BCUT2D eigenvalue weighted by Gasteiger charge is 2.38. The third-order valence-electron chi connectivity index (χ3n) is 3.58. The summed E-state index contributed by atoms with van der Waals surface area (Å²) in [6, 6.07) is 0. The highest BCUT2D eigenvalue weighted by Crippen LogP contribution is 2.44. The Morgan fingerprint density at radius 1 is 1.50 bits per heavy atom. The van der Waals surface area contributed by atoms with Crippen LogP contribution in [-0.2, 0) is 18.9 Å². The van der Waals surface area contributed by atoms with Crippen molar-refractivity contribution in [2.24, 2.45) is 7.05 Å². The normalized spacial score (nSPS) is 19.4. The van der Waals surface area contributed by atoms with E-state index in [0.717, 1.165) is 12.2 Å². The Hall–Kier alpha value is -0.990. The van der Waals surface area contributed by atoms with Crippen LogP contribution < -0.4 is 5.73 Å². The summed E-state index contributed by atoms with van der Waals surface area (Å²) in [4.78, 5) is 0. The first-order valence-corrected chi connectivity index (χ1v) is 5.40. The Bertz CT molecular complexity index is 348. The predicted molar refractivity (Wildman–Crippen MR) is 58.2 cm³/mol. The van der Waals surface area contributed by atoms with Gasteiger partial charge in [0.2, 0.25) is 0 Å². The molecule has 0 saturated heterocycles. The van der Waals surface area contributed by atoms with Crippen LogP contribution in [0.3, 0.4) is 0 Å². The van der Waals surface area contributed by atoms with Crippen molar-refractivity contribution >= 4 is 5.82 Å². The summed E-state index contributed by atoms with van der Waals surface area (Å²) in [6.45, 7) is 4.45. The van der Waals surface area contributed by atoms with Crippen molar-refractivity contribution in [1.29, 1.82) is 0 Å². The van der Waals surface area contributed by atoms with E-state index in [4.69, 9.17) is 5.73 Å². The summed E-state index contributed by atoms with van der Waals surface area (Å²) in [5, 5.41) is 4.57. The molecule has 2 rings (SSSR count). The first-order valence-electron chi connectivity index (χ1n) is 5.40. The first kappa shape index (κ1) is 9.56. The number of nitrogen functional groups attached to an aromatic ring is 1. The van der Waals surface area contributed by atoms with Crippen molar-refractivity contribution in [2.45, 2.75) is 44.9 Å². The van der Waals surface area contributed by atoms with Gasteiger partial charge in [-0.3, -0.25) is 4.68 Å². The lowest BCUT2D eigenvalue weighted by molar-refractivity contribution is 0.261. The van der Waals surface area contributed by atoms with Gasteiger partial charge < -0.3 is 5.73 Å². The van der Waals surface area contributed by atoms with Gasteiger partial charge >= 0.3 is 0 Å². The highest BCUT2D eigenvalue weighted by atomic mass is 15.3. The summed E-state index contributed by atoms with van der Waals surface area (Å²) in [5.74, 6) is 0.843. The van der Waals surface area contributed by atoms with Crippen LogP contribution in [0.1, 0.15) is 44.4 Å². The molecule has 1 fully saturated rings. The molecular formula is C11H19N3. The minimum absolute atomic E-state index is 0.306. The lowest BCUT2D eigenvalue weighted by atomic mass is 9.67. The third-order valence-corrected chi connectivity index (χ3v) is 3.58. The fraction of sp³-hybridized carbons (Fsp3) is 0.727. The molecule has 0 spiro atoms. The minimum atomic E-state index is 0.306. The summed E-state index contributed by atoms with van der Waals surface area (Å²) in [6.07, 6.45) is 4.84. The fourth-order valence-corrected chi connectivity index (χ4v) is 2.36. The van der Waals surface area contributed by atoms with Gasteiger partial charge in [-0.25, -0.2) is 0 Å². The number of hydrogen-bond acceptors (Lipinski definition) is 2. The molecule has 1 aromatic heterocycles. The van der Waals surface area contributed by atoms with Crippen LogP contribution >= 0.6 is 0 Å². The SMILES string of the molecule is CCc1c(C2(C)CCC2)nn(C)c1N. The monoisotopic (exact) mass is 193 g/mol. The predicted octanol–water partition coefficient (Wildman–Crippen LogP) is 2.01. The summed E-state index contributed by atoms with van der Waals surface area (Å²) >= 11 is 0. The summed E-state index contributed by atoms with van der Waals surface area (Å²) in [7, 11) is 1.93. The Labute approximate surface area is 85.3 Å². The smallest absolute Gasteiger partial charge is 0.124 e. The molecular weight excluding hydrogens is 174 g/mol. The van der Waals surface area contributed by atoms with Gasteiger partial charge in [0, 0.05) is 18.0 Å². The topological polar surface area (TPSA) is 43.8 Å². The van der Waals surface area contributed by atoms with Crippen LogP contribution in [0, 0.1) is 0 Å². The largest absolute Gasteiger partial charge is 0.384 e. The van der Waals surface area contributed by atoms with E-state index in [0.29, 0.717) is 5.41 Å². The van der Waals surface area contributed by atoms with Crippen molar-refractivity contribution in [3.63, 3.8) is 0 Å². The van der Waals surface area contributed by atoms with Gasteiger partial charge in [0.1, 0.15) is 5.82 Å². The van der Waals surface area contributed by atoms with Crippen molar-refractivity contribution < 1.29 is 0 Å². The summed E-state index contributed by atoms with van der Waals surface area (Å²) in [5.41, 5.74) is 8.80. The third kappa shape index (κ3) is 1.15. The van der Waals surface area contributed by atoms with Gasteiger partial charge in [0.05, 0.1) is 5.69 Å². The zero-order valence-electron chi connectivity index (χ0n) is 9.30. The van der Waals surface area contributed by atoms with Gasteiger partial charge in [-0.2, -0.15) is 5.10 Å². The van der Waals surface area contributed by atoms with Crippen LogP contribution in [0.25, 0.3) is 0 Å². The van der Waals surface area contributed by atoms with Crippen LogP contribution in [0.4, 0.5) is 5.82 Å². The molecule has 0 bridgehead atoms. The average molecular weight is 193 g/mol. The molecule has 0 amide bonds. The van der Waals surface area contributed by atoms with E-state index in [1.807, 2.05) is 11.7 Å². The van der Waals surface area contributed by atoms with Crippen LogP contribution in [0.2, 0.25) is 0 Å². The average Bonchev–Trinajstić information content (AvgIpc) is 2.39. The highest BCUT2D eigenvalue weighted by molar-refractivity contribution is 5.46. The molecule has 0 unspecified atom stereocenters. The molecule has 3 heteroatoms. The summed E-state index contributed by atoms with van der Waals surface area (Å²) < 4.78 is 1.82. The number of anilines is 1. The maximum absolute atomic E-state index is 5.99. The van der Waals surface area contributed by atoms with E-state index < -0.39 is 0 Å². The zero-order valence-corrected chi connectivity index (χ0v) is 9.30. The van der Waals surface area contributed by atoms with Crippen molar-refractivity contribution in [3.05, 3.63) is 11.3 Å². The lowest BCUT2D eigenvalue weighted by Crippen LogP contribution is -2.32. The lowest BCUT2D eigenvalue weighted by Gasteiger charge is -2.37.